The summed E-state index contributed by atoms with van der Waals surface area (Å²) in [4.78, 5) is 10.0. The second-order valence-electron chi connectivity index (χ2n) is 4.06. The van der Waals surface area contributed by atoms with Crippen LogP contribution in [0.2, 0.25) is 0 Å². The topological polar surface area (TPSA) is 18.5 Å². The fourth-order valence-corrected chi connectivity index (χ4v) is 1.66. The van der Waals surface area contributed by atoms with E-state index in [4.69, 9.17) is 9.78 Å². The lowest BCUT2D eigenvalue weighted by atomic mass is 9.86. The molecule has 0 unspecified atom stereocenters. The molecule has 0 atom stereocenters. The third-order valence-corrected chi connectivity index (χ3v) is 2.72. The molecule has 1 rings (SSSR count). The van der Waals surface area contributed by atoms with Crippen molar-refractivity contribution in [2.45, 2.75) is 26.2 Å². The zero-order valence-corrected chi connectivity index (χ0v) is 11.0. The second kappa shape index (κ2) is 5.64. The van der Waals surface area contributed by atoms with Gasteiger partial charge in [0.25, 0.3) is 0 Å². The Balaban J connectivity index is 2.67. The Morgan fingerprint density at radius 3 is 2.60 bits per heavy atom. The zero-order valence-electron chi connectivity index (χ0n) is 9.42. The first-order valence-corrected chi connectivity index (χ1v) is 5.86. The highest BCUT2D eigenvalue weighted by Crippen LogP contribution is 2.25. The summed E-state index contributed by atoms with van der Waals surface area (Å²) in [6.07, 6.45) is 0. The maximum Gasteiger partial charge on any atom is 0.0913 e. The van der Waals surface area contributed by atoms with E-state index >= 15 is 0 Å². The van der Waals surface area contributed by atoms with Gasteiger partial charge < -0.3 is 0 Å². The van der Waals surface area contributed by atoms with Crippen LogP contribution in [0.3, 0.4) is 0 Å². The van der Waals surface area contributed by atoms with Crippen LogP contribution in [-0.2, 0) is 15.2 Å². The number of hydrogen-bond acceptors (Lipinski definition) is 2. The van der Waals surface area contributed by atoms with Crippen molar-refractivity contribution in [3.63, 3.8) is 0 Å². The van der Waals surface area contributed by atoms with Gasteiger partial charge in [-0.25, -0.2) is 9.78 Å². The van der Waals surface area contributed by atoms with E-state index in [1.165, 1.54) is 5.56 Å². The van der Waals surface area contributed by atoms with Crippen LogP contribution >= 0.6 is 15.9 Å². The van der Waals surface area contributed by atoms with Gasteiger partial charge in [-0.05, 0) is 24.6 Å². The van der Waals surface area contributed by atoms with Gasteiger partial charge >= 0.3 is 0 Å². The molecule has 0 fully saturated rings. The summed E-state index contributed by atoms with van der Waals surface area (Å²) in [5, 5.41) is 0. The van der Waals surface area contributed by atoms with Crippen LogP contribution < -0.4 is 0 Å². The molecule has 0 aromatic heterocycles. The minimum atomic E-state index is -0.0427. The summed E-state index contributed by atoms with van der Waals surface area (Å²) in [7, 11) is 0. The molecule has 0 saturated heterocycles. The monoisotopic (exact) mass is 272 g/mol. The molecule has 15 heavy (non-hydrogen) atoms. The third-order valence-electron chi connectivity index (χ3n) is 2.23. The summed E-state index contributed by atoms with van der Waals surface area (Å²) in [6, 6.07) is 8.25. The van der Waals surface area contributed by atoms with Gasteiger partial charge in [0.05, 0.1) is 13.2 Å². The number of rotatable bonds is 5. The highest BCUT2D eigenvalue weighted by Gasteiger charge is 2.21. The standard InChI is InChI=1S/C12H17BrO2/c1-4-14-15-9-12(2,3)10-6-5-7-11(13)8-10/h5-8H,4,9H2,1-3H3. The average molecular weight is 273 g/mol. The molecular formula is C12H17BrO2. The van der Waals surface area contributed by atoms with Crippen LogP contribution in [0.15, 0.2) is 28.7 Å². The van der Waals surface area contributed by atoms with Gasteiger partial charge in [-0.15, -0.1) is 0 Å². The van der Waals surface area contributed by atoms with E-state index in [0.29, 0.717) is 13.2 Å². The van der Waals surface area contributed by atoms with E-state index in [1.807, 2.05) is 19.1 Å². The highest BCUT2D eigenvalue weighted by molar-refractivity contribution is 9.10. The number of halogens is 1. The molecular weight excluding hydrogens is 256 g/mol. The van der Waals surface area contributed by atoms with Gasteiger partial charge in [-0.3, -0.25) is 0 Å². The van der Waals surface area contributed by atoms with E-state index in [1.54, 1.807) is 0 Å². The van der Waals surface area contributed by atoms with Crippen LogP contribution in [0.1, 0.15) is 26.3 Å². The van der Waals surface area contributed by atoms with Crippen molar-refractivity contribution < 1.29 is 9.78 Å². The van der Waals surface area contributed by atoms with E-state index in [9.17, 15) is 0 Å². The molecule has 0 amide bonds. The van der Waals surface area contributed by atoms with Gasteiger partial charge in [0.1, 0.15) is 0 Å². The van der Waals surface area contributed by atoms with E-state index < -0.39 is 0 Å². The number of benzene rings is 1. The lowest BCUT2D eigenvalue weighted by Gasteiger charge is -2.24. The van der Waals surface area contributed by atoms with Crippen LogP contribution in [0.25, 0.3) is 0 Å². The molecule has 0 radical (unpaired) electrons. The normalized spacial score (nSPS) is 11.7. The molecule has 0 bridgehead atoms. The summed E-state index contributed by atoms with van der Waals surface area (Å²) in [5.41, 5.74) is 1.19. The average Bonchev–Trinajstić information content (AvgIpc) is 2.18. The van der Waals surface area contributed by atoms with Crippen LogP contribution in [0.4, 0.5) is 0 Å². The van der Waals surface area contributed by atoms with Crippen LogP contribution in [-0.4, -0.2) is 13.2 Å². The maximum atomic E-state index is 5.13. The molecule has 0 aliphatic rings. The van der Waals surface area contributed by atoms with Crippen LogP contribution in [0, 0.1) is 0 Å². The Kier molecular flexibility index (Phi) is 4.77. The Hall–Kier alpha value is -0.380. The van der Waals surface area contributed by atoms with Gasteiger partial charge in [-0.2, -0.15) is 0 Å². The first kappa shape index (κ1) is 12.7. The third kappa shape index (κ3) is 3.93. The van der Waals surface area contributed by atoms with E-state index in [-0.39, 0.29) is 5.41 Å². The Morgan fingerprint density at radius 2 is 2.00 bits per heavy atom. The van der Waals surface area contributed by atoms with Crippen LogP contribution in [0.5, 0.6) is 0 Å². The Labute approximate surface area is 99.6 Å². The quantitative estimate of drug-likeness (QED) is 0.462. The van der Waals surface area contributed by atoms with Crippen molar-refractivity contribution in [1.29, 1.82) is 0 Å². The lowest BCUT2D eigenvalue weighted by Crippen LogP contribution is -2.24. The predicted molar refractivity (Wildman–Crippen MR) is 64.7 cm³/mol. The van der Waals surface area contributed by atoms with Crippen molar-refractivity contribution in [1.82, 2.24) is 0 Å². The molecule has 3 heteroatoms. The van der Waals surface area contributed by atoms with Gasteiger partial charge in [0.15, 0.2) is 0 Å². The second-order valence-corrected chi connectivity index (χ2v) is 4.98. The molecule has 1 aromatic rings. The molecule has 84 valence electrons. The predicted octanol–water partition coefficient (Wildman–Crippen LogP) is 3.69. The first-order chi connectivity index (χ1) is 7.06. The lowest BCUT2D eigenvalue weighted by molar-refractivity contribution is -0.299. The summed E-state index contributed by atoms with van der Waals surface area (Å²) < 4.78 is 1.09. The fraction of sp³-hybridized carbons (Fsp3) is 0.500. The highest BCUT2D eigenvalue weighted by atomic mass is 79.9. The SMILES string of the molecule is CCOOCC(C)(C)c1cccc(Br)c1. The molecule has 0 N–H and O–H groups in total. The molecule has 1 aromatic carbocycles. The fourth-order valence-electron chi connectivity index (χ4n) is 1.27. The molecule has 2 nitrogen and oxygen atoms in total. The summed E-state index contributed by atoms with van der Waals surface area (Å²) in [6.45, 7) is 7.31. The molecule has 0 aliphatic heterocycles. The van der Waals surface area contributed by atoms with Crippen molar-refractivity contribution in [2.24, 2.45) is 0 Å². The van der Waals surface area contributed by atoms with E-state index in [0.717, 1.165) is 4.47 Å². The van der Waals surface area contributed by atoms with Gasteiger partial charge in [0, 0.05) is 9.89 Å². The molecule has 0 spiro atoms. The molecule has 0 heterocycles. The molecule has 0 aliphatic carbocycles. The Morgan fingerprint density at radius 1 is 1.27 bits per heavy atom. The maximum absolute atomic E-state index is 5.13. The summed E-state index contributed by atoms with van der Waals surface area (Å²) in [5.74, 6) is 0. The van der Waals surface area contributed by atoms with Crippen molar-refractivity contribution >= 4 is 15.9 Å². The smallest absolute Gasteiger partial charge is 0.0913 e. The summed E-state index contributed by atoms with van der Waals surface area (Å²) >= 11 is 3.46. The van der Waals surface area contributed by atoms with E-state index in [2.05, 4.69) is 41.9 Å². The first-order valence-electron chi connectivity index (χ1n) is 5.07. The van der Waals surface area contributed by atoms with Crippen molar-refractivity contribution in [3.8, 4) is 0 Å². The largest absolute Gasteiger partial charge is 0.237 e. The van der Waals surface area contributed by atoms with Gasteiger partial charge in [-0.1, -0.05) is 41.9 Å². The zero-order chi connectivity index (χ0) is 11.3. The minimum Gasteiger partial charge on any atom is -0.237 e. The minimum absolute atomic E-state index is 0.0427. The molecule has 0 saturated carbocycles. The van der Waals surface area contributed by atoms with Crippen molar-refractivity contribution in [3.05, 3.63) is 34.3 Å². The van der Waals surface area contributed by atoms with Gasteiger partial charge in [0.2, 0.25) is 0 Å². The number of hydrogen-bond donors (Lipinski definition) is 0. The Bertz CT molecular complexity index is 310. The van der Waals surface area contributed by atoms with Crippen molar-refractivity contribution in [2.75, 3.05) is 13.2 Å².